The van der Waals surface area contributed by atoms with Crippen molar-refractivity contribution in [2.45, 2.75) is 82.9 Å². The van der Waals surface area contributed by atoms with Crippen LogP contribution in [-0.2, 0) is 29.5 Å². The van der Waals surface area contributed by atoms with Gasteiger partial charge in [0, 0.05) is 44.7 Å². The molecule has 0 aromatic heterocycles. The molecule has 0 amide bonds. The van der Waals surface area contributed by atoms with Crippen LogP contribution in [0.5, 0.6) is 0 Å². The van der Waals surface area contributed by atoms with E-state index in [1.165, 1.54) is 6.07 Å². The number of benzene rings is 3. The number of ether oxygens (including phenoxy) is 2. The summed E-state index contributed by atoms with van der Waals surface area (Å²) in [4.78, 5) is 5.03. The smallest absolute Gasteiger partial charge is 0.262 e. The molecule has 1 aliphatic rings. The molecule has 276 valence electrons. The minimum Gasteiger partial charge on any atom is -0.383 e. The number of anilines is 4. The second-order valence-electron chi connectivity index (χ2n) is 13.7. The molecule has 0 bridgehead atoms. The van der Waals surface area contributed by atoms with Gasteiger partial charge in [-0.2, -0.15) is 0 Å². The van der Waals surface area contributed by atoms with Gasteiger partial charge in [-0.15, -0.1) is 4.83 Å². The first kappa shape index (κ1) is 39.6. The number of hydrogen-bond acceptors (Lipinski definition) is 9. The van der Waals surface area contributed by atoms with E-state index in [9.17, 15) is 16.8 Å². The summed E-state index contributed by atoms with van der Waals surface area (Å²) >= 11 is 0. The Hall–Kier alpha value is -3.20. The molecule has 4 rings (SSSR count). The summed E-state index contributed by atoms with van der Waals surface area (Å²) in [5.41, 5.74) is 5.66. The summed E-state index contributed by atoms with van der Waals surface area (Å²) in [5, 5.41) is 4.91. The molecule has 3 aromatic rings. The zero-order valence-electron chi connectivity index (χ0n) is 31.0. The molecule has 0 saturated carbocycles. The largest absolute Gasteiger partial charge is 0.383 e. The number of hydrazine groups is 1. The van der Waals surface area contributed by atoms with Crippen molar-refractivity contribution in [3.8, 4) is 0 Å². The van der Waals surface area contributed by atoms with Crippen LogP contribution < -0.4 is 19.8 Å². The number of sulfonamides is 2. The molecule has 3 aromatic carbocycles. The van der Waals surface area contributed by atoms with Crippen molar-refractivity contribution in [1.82, 2.24) is 9.84 Å². The van der Waals surface area contributed by atoms with Crippen LogP contribution in [0.25, 0.3) is 0 Å². The maximum absolute atomic E-state index is 14.3. The van der Waals surface area contributed by atoms with Crippen LogP contribution in [0.4, 0.5) is 22.7 Å². The monoisotopic (exact) mass is 729 g/mol. The molecular weight excluding hydrogens is 675 g/mol. The highest BCUT2D eigenvalue weighted by atomic mass is 32.2. The molecule has 3 N–H and O–H groups in total. The number of morpholine rings is 1. The highest BCUT2D eigenvalue weighted by Crippen LogP contribution is 2.37. The lowest BCUT2D eigenvalue weighted by Gasteiger charge is -2.27. The number of likely N-dealkylation sites (N-methyl/N-ethyl adjacent to an activating group) is 1. The topological polar surface area (TPSA) is 129 Å². The standard InChI is InChI=1S/C37H55N5O6S2/c1-10-41(15-18-47-9)31-12-14-34(28(8)21-31)38-35-13-11-30(24-36(35)49(43,44)40-42-16-19-48-20-17-42)39-50(45,46)37-32(26(4)5)22-29(25(2)3)23-33(37)27(6)7/h11-14,21-27,38-40H,10,15-20H2,1-9H3. The SMILES string of the molecule is CCN(CCOC)c1ccc(Nc2ccc(NS(=O)(=O)c3c(C(C)C)cc(C(C)C)cc3C(C)C)cc2S(=O)(=O)NN2CCOCC2)c(C)c1. The molecular formula is C37H55N5O6S2. The van der Waals surface area contributed by atoms with Crippen molar-refractivity contribution >= 4 is 42.8 Å². The fourth-order valence-electron chi connectivity index (χ4n) is 5.99. The van der Waals surface area contributed by atoms with Gasteiger partial charge in [0.25, 0.3) is 20.0 Å². The number of aryl methyl sites for hydroxylation is 1. The van der Waals surface area contributed by atoms with Crippen molar-refractivity contribution in [1.29, 1.82) is 0 Å². The first-order valence-electron chi connectivity index (χ1n) is 17.4. The molecule has 50 heavy (non-hydrogen) atoms. The lowest BCUT2D eigenvalue weighted by molar-refractivity contribution is 0.0272. The van der Waals surface area contributed by atoms with E-state index in [-0.39, 0.29) is 33.2 Å². The van der Waals surface area contributed by atoms with Gasteiger partial charge in [-0.3, -0.25) is 4.72 Å². The van der Waals surface area contributed by atoms with E-state index in [4.69, 9.17) is 9.47 Å². The number of methoxy groups -OCH3 is 1. The molecule has 11 nitrogen and oxygen atoms in total. The molecule has 13 heteroatoms. The Kier molecular flexibility index (Phi) is 13.4. The Bertz CT molecular complexity index is 1810. The third-order valence-electron chi connectivity index (χ3n) is 8.92. The Morgan fingerprint density at radius 1 is 0.840 bits per heavy atom. The van der Waals surface area contributed by atoms with Gasteiger partial charge in [-0.25, -0.2) is 21.8 Å². The molecule has 0 atom stereocenters. The van der Waals surface area contributed by atoms with Gasteiger partial charge >= 0.3 is 0 Å². The fraction of sp³-hybridized carbons (Fsp3) is 0.514. The summed E-state index contributed by atoms with van der Waals surface area (Å²) in [7, 11) is -6.60. The second kappa shape index (κ2) is 16.9. The van der Waals surface area contributed by atoms with Gasteiger partial charge in [0.2, 0.25) is 0 Å². The third kappa shape index (κ3) is 9.56. The second-order valence-corrected chi connectivity index (χ2v) is 16.9. The predicted molar refractivity (Wildman–Crippen MR) is 203 cm³/mol. The molecule has 0 spiro atoms. The van der Waals surface area contributed by atoms with Crippen LogP contribution in [-0.4, -0.2) is 75.0 Å². The molecule has 0 aliphatic carbocycles. The van der Waals surface area contributed by atoms with Crippen LogP contribution in [0.15, 0.2) is 58.3 Å². The number of rotatable bonds is 16. The Morgan fingerprint density at radius 2 is 1.46 bits per heavy atom. The van der Waals surface area contributed by atoms with Gasteiger partial charge in [-0.05, 0) is 90.3 Å². The van der Waals surface area contributed by atoms with Crippen molar-refractivity contribution in [3.05, 3.63) is 70.8 Å². The molecule has 1 saturated heterocycles. The van der Waals surface area contributed by atoms with E-state index in [2.05, 4.69) is 40.5 Å². The van der Waals surface area contributed by atoms with Crippen LogP contribution in [0.1, 0.15) is 88.5 Å². The minimum absolute atomic E-state index is 0.0583. The average molecular weight is 730 g/mol. The average Bonchev–Trinajstić information content (AvgIpc) is 3.06. The Labute approximate surface area is 299 Å². The van der Waals surface area contributed by atoms with E-state index >= 15 is 0 Å². The van der Waals surface area contributed by atoms with E-state index in [0.29, 0.717) is 38.6 Å². The lowest BCUT2D eigenvalue weighted by Crippen LogP contribution is -2.48. The summed E-state index contributed by atoms with van der Waals surface area (Å²) in [6.07, 6.45) is 0. The maximum Gasteiger partial charge on any atom is 0.262 e. The van der Waals surface area contributed by atoms with Gasteiger partial charge in [-0.1, -0.05) is 53.7 Å². The highest BCUT2D eigenvalue weighted by molar-refractivity contribution is 7.93. The normalized spacial score (nSPS) is 14.5. The van der Waals surface area contributed by atoms with Crippen LogP contribution in [0.2, 0.25) is 0 Å². The first-order chi connectivity index (χ1) is 23.6. The fourth-order valence-corrected chi connectivity index (χ4v) is 9.05. The molecule has 0 unspecified atom stereocenters. The van der Waals surface area contributed by atoms with Crippen LogP contribution in [0, 0.1) is 6.92 Å². The number of nitrogens with zero attached hydrogens (tertiary/aromatic N) is 2. The molecule has 0 radical (unpaired) electrons. The molecule has 1 aliphatic heterocycles. The maximum atomic E-state index is 14.3. The summed E-state index contributed by atoms with van der Waals surface area (Å²) < 4.78 is 70.0. The summed E-state index contributed by atoms with van der Waals surface area (Å²) in [6, 6.07) is 14.5. The predicted octanol–water partition coefficient (Wildman–Crippen LogP) is 6.91. The van der Waals surface area contributed by atoms with Gasteiger partial charge in [0.05, 0.1) is 36.1 Å². The quantitative estimate of drug-likeness (QED) is 0.144. The van der Waals surface area contributed by atoms with Crippen molar-refractivity contribution in [3.63, 3.8) is 0 Å². The minimum atomic E-state index is -4.16. The summed E-state index contributed by atoms with van der Waals surface area (Å²) in [5.74, 6) is 0.108. The highest BCUT2D eigenvalue weighted by Gasteiger charge is 2.29. The third-order valence-corrected chi connectivity index (χ3v) is 11.9. The van der Waals surface area contributed by atoms with Gasteiger partial charge < -0.3 is 19.7 Å². The summed E-state index contributed by atoms with van der Waals surface area (Å²) in [6.45, 7) is 19.9. The van der Waals surface area contributed by atoms with Gasteiger partial charge in [0.15, 0.2) is 0 Å². The zero-order chi connectivity index (χ0) is 36.8. The molecule has 1 fully saturated rings. The Morgan fingerprint density at radius 3 is 2.00 bits per heavy atom. The number of hydrogen-bond donors (Lipinski definition) is 3. The van der Waals surface area contributed by atoms with Crippen molar-refractivity contribution < 1.29 is 26.3 Å². The van der Waals surface area contributed by atoms with Crippen LogP contribution in [0.3, 0.4) is 0 Å². The van der Waals surface area contributed by atoms with Crippen molar-refractivity contribution in [2.24, 2.45) is 0 Å². The van der Waals surface area contributed by atoms with E-state index < -0.39 is 20.0 Å². The zero-order valence-corrected chi connectivity index (χ0v) is 32.6. The van der Waals surface area contributed by atoms with Crippen molar-refractivity contribution in [2.75, 3.05) is 68.0 Å². The van der Waals surface area contributed by atoms with E-state index in [1.54, 1.807) is 24.3 Å². The van der Waals surface area contributed by atoms with Crippen LogP contribution >= 0.6 is 0 Å². The van der Waals surface area contributed by atoms with E-state index in [0.717, 1.165) is 46.7 Å². The number of nitrogens with one attached hydrogen (secondary N) is 3. The molecule has 1 heterocycles. The van der Waals surface area contributed by atoms with Gasteiger partial charge in [0.1, 0.15) is 4.90 Å². The van der Waals surface area contributed by atoms with E-state index in [1.807, 2.05) is 65.0 Å². The first-order valence-corrected chi connectivity index (χ1v) is 20.4. The Balaban J connectivity index is 1.78. The lowest BCUT2D eigenvalue weighted by atomic mass is 9.89.